The average Bonchev–Trinajstić information content (AvgIpc) is 0.751. The highest BCUT2D eigenvalue weighted by atomic mass is 16.6. The highest BCUT2D eigenvalue weighted by Gasteiger charge is 2.41. The monoisotopic (exact) mass is 1370 g/mol. The van der Waals surface area contributed by atoms with Crippen LogP contribution in [0.3, 0.4) is 0 Å². The molecule has 21 heteroatoms. The molecule has 0 aliphatic carbocycles. The Morgan fingerprint density at radius 2 is 0.640 bits per heavy atom. The third-order valence-corrected chi connectivity index (χ3v) is 20.5. The molecule has 100 heavy (non-hydrogen) atoms. The van der Waals surface area contributed by atoms with Crippen LogP contribution in [-0.2, 0) is 42.6 Å². The van der Waals surface area contributed by atoms with Crippen molar-refractivity contribution in [3.8, 4) is 0 Å². The summed E-state index contributed by atoms with van der Waals surface area (Å²) in [6, 6.07) is 25.5. The molecule has 0 saturated heterocycles. The first kappa shape index (κ1) is 73.8. The number of amides is 6. The minimum atomic E-state index is -0.764. The van der Waals surface area contributed by atoms with E-state index in [-0.39, 0.29) is 88.6 Å². The molecule has 6 aromatic carbocycles. The summed E-state index contributed by atoms with van der Waals surface area (Å²) in [6.07, 6.45) is 2.25. The molecule has 10 atom stereocenters. The molecule has 21 rings (SSSR count). The van der Waals surface area contributed by atoms with Gasteiger partial charge in [0, 0.05) is 112 Å². The van der Waals surface area contributed by atoms with Gasteiger partial charge in [-0.3, -0.25) is 43.5 Å². The highest BCUT2D eigenvalue weighted by molar-refractivity contribution is 6.29. The van der Waals surface area contributed by atoms with Gasteiger partial charge >= 0.3 is 0 Å². The zero-order chi connectivity index (χ0) is 71.2. The van der Waals surface area contributed by atoms with Crippen molar-refractivity contribution in [3.63, 3.8) is 0 Å². The molecular weight excluding hydrogens is 1270 g/mol. The molecule has 0 radical (unpaired) electrons. The van der Waals surface area contributed by atoms with Crippen molar-refractivity contribution in [3.05, 3.63) is 124 Å². The smallest absolute Gasteiger partial charge is 0.261 e. The van der Waals surface area contributed by atoms with Crippen LogP contribution in [-0.4, -0.2) is 203 Å². The van der Waals surface area contributed by atoms with Gasteiger partial charge in [-0.05, 0) is 150 Å². The molecular formula is C79H102N6O15. The second-order valence-electron chi connectivity index (χ2n) is 29.0. The van der Waals surface area contributed by atoms with E-state index in [9.17, 15) is 28.8 Å². The van der Waals surface area contributed by atoms with E-state index in [1.165, 1.54) is 14.7 Å². The lowest BCUT2D eigenvalue weighted by Gasteiger charge is -2.35. The van der Waals surface area contributed by atoms with Gasteiger partial charge in [0.15, 0.2) is 0 Å². The number of anilines is 3. The van der Waals surface area contributed by atoms with Gasteiger partial charge in [0.05, 0.1) is 135 Å². The number of ether oxygens (including phenoxy) is 9. The molecule has 15 aliphatic heterocycles. The highest BCUT2D eigenvalue weighted by Crippen LogP contribution is 2.40. The fourth-order valence-corrected chi connectivity index (χ4v) is 14.5. The summed E-state index contributed by atoms with van der Waals surface area (Å²) in [5.41, 5.74) is 3.84. The van der Waals surface area contributed by atoms with Gasteiger partial charge in [-0.25, -0.2) is 0 Å². The zero-order valence-electron chi connectivity index (χ0n) is 60.3. The zero-order valence-corrected chi connectivity index (χ0v) is 60.3. The van der Waals surface area contributed by atoms with E-state index in [2.05, 4.69) is 29.8 Å². The van der Waals surface area contributed by atoms with Crippen molar-refractivity contribution in [1.82, 2.24) is 14.7 Å². The van der Waals surface area contributed by atoms with E-state index in [0.717, 1.165) is 58.9 Å². The van der Waals surface area contributed by atoms with Gasteiger partial charge in [0.2, 0.25) is 0 Å². The van der Waals surface area contributed by atoms with Crippen LogP contribution in [0, 0.1) is 10.8 Å². The number of rotatable bonds is 2. The number of hydrogen-bond acceptors (Lipinski definition) is 18. The summed E-state index contributed by atoms with van der Waals surface area (Å²) in [5, 5.41) is 15.1. The third-order valence-electron chi connectivity index (χ3n) is 20.5. The summed E-state index contributed by atoms with van der Waals surface area (Å²) in [4.78, 5) is 91.0. The summed E-state index contributed by atoms with van der Waals surface area (Å²) in [6.45, 7) is 26.6. The van der Waals surface area contributed by atoms with Gasteiger partial charge in [0.1, 0.15) is 0 Å². The number of nitrogens with zero attached hydrogens (tertiary/aromatic N) is 3. The standard InChI is InChI=1S/C79H102N6O15/c1-13-78-32-18-19-47(3)80-66-29-26-63-69-57(66)20-15-23-60(69)72(86)83(75(63)89)50(6)35-92-44-79(14-2,45-95-40-55(11)99-36-51(7)84-73(87)61-24-16-21-58-67(30-27-64(70(58)61)76(84)90)81-48(4)33-97-53(9)38-93-42-78)46-96-41-56(12)100-37-52(8)85-74(88)62-25-17-22-59-68(31-28-65(71(59)62)77(85)91)82-49(5)34-98-54(10)39-94-43-78/h15-17,20-31,47-56,80-82H,13-14,18-19,32-46H2,1-12H3. The number of hydrogen-bond donors (Lipinski definition) is 3. The summed E-state index contributed by atoms with van der Waals surface area (Å²) < 4.78 is 58.5. The first-order valence-corrected chi connectivity index (χ1v) is 36.0. The van der Waals surface area contributed by atoms with E-state index in [4.69, 9.17) is 42.6 Å². The SMILES string of the molecule is CCC12CCCC(C)Nc3ccc4c5c(cccc35)C(=O)N(C4=O)C(C)COCC(CC)(COCC(C)OCC(C)N3C(=O)c4cccc5c(ccc(c45)C3=O)NC(C)COC(C)COC1)COCC(C)OCC(C)N1C(=O)c3cccc4c(ccc(c34)C1=O)NC(C)COC(C)COC2. The number of nitrogens with one attached hydrogen (secondary N) is 3. The van der Waals surface area contributed by atoms with Crippen molar-refractivity contribution < 1.29 is 71.4 Å². The Bertz CT molecular complexity index is 3740. The lowest BCUT2D eigenvalue weighted by molar-refractivity contribution is -0.105. The van der Waals surface area contributed by atoms with Crippen molar-refractivity contribution in [2.75, 3.05) is 108 Å². The molecule has 0 saturated carbocycles. The summed E-state index contributed by atoms with van der Waals surface area (Å²) in [5.74, 6) is -2.43. The maximum Gasteiger partial charge on any atom is 0.261 e. The Hall–Kier alpha value is -7.44. The number of carbonyl (C=O) groups excluding carboxylic acids is 6. The van der Waals surface area contributed by atoms with Gasteiger partial charge in [-0.1, -0.05) is 56.7 Å². The predicted octanol–water partition coefficient (Wildman–Crippen LogP) is 12.6. The Morgan fingerprint density at radius 3 is 0.980 bits per heavy atom. The summed E-state index contributed by atoms with van der Waals surface area (Å²) in [7, 11) is 0. The second-order valence-corrected chi connectivity index (χ2v) is 29.0. The maximum absolute atomic E-state index is 14.7. The molecule has 10 unspecified atom stereocenters. The minimum Gasteiger partial charge on any atom is -0.382 e. The second kappa shape index (κ2) is 32.3. The van der Waals surface area contributed by atoms with E-state index in [1.54, 1.807) is 44.2 Å². The van der Waals surface area contributed by atoms with Gasteiger partial charge in [-0.15, -0.1) is 0 Å². The third kappa shape index (κ3) is 15.9. The maximum atomic E-state index is 14.7. The number of carbonyl (C=O) groups is 6. The molecule has 538 valence electrons. The van der Waals surface area contributed by atoms with Crippen molar-refractivity contribution in [1.29, 1.82) is 0 Å². The molecule has 3 N–H and O–H groups in total. The van der Waals surface area contributed by atoms with Crippen LogP contribution in [0.5, 0.6) is 0 Å². The molecule has 15 heterocycles. The van der Waals surface area contributed by atoms with Crippen LogP contribution in [0.25, 0.3) is 32.3 Å². The molecule has 20 bridgehead atoms. The normalized spacial score (nSPS) is 29.2. The summed E-state index contributed by atoms with van der Waals surface area (Å²) >= 11 is 0. The van der Waals surface area contributed by atoms with Gasteiger partial charge in [0.25, 0.3) is 35.4 Å². The van der Waals surface area contributed by atoms with Crippen molar-refractivity contribution >= 4 is 84.8 Å². The lowest BCUT2D eigenvalue weighted by atomic mass is 9.81. The Balaban J connectivity index is 0.891. The van der Waals surface area contributed by atoms with Gasteiger partial charge in [-0.2, -0.15) is 0 Å². The van der Waals surface area contributed by atoms with Crippen LogP contribution in [0.2, 0.25) is 0 Å². The lowest BCUT2D eigenvalue weighted by Crippen LogP contribution is -2.48. The molecule has 0 aromatic heterocycles. The van der Waals surface area contributed by atoms with Crippen LogP contribution in [0.15, 0.2) is 91.0 Å². The molecule has 6 aromatic rings. The van der Waals surface area contributed by atoms with Crippen LogP contribution < -0.4 is 16.0 Å². The fraction of sp³-hybridized carbons (Fsp3) is 0.544. The molecule has 0 fully saturated rings. The first-order chi connectivity index (χ1) is 48.0. The van der Waals surface area contributed by atoms with Crippen molar-refractivity contribution in [2.24, 2.45) is 10.8 Å². The fourth-order valence-electron chi connectivity index (χ4n) is 14.5. The Labute approximate surface area is 587 Å². The van der Waals surface area contributed by atoms with E-state index in [0.29, 0.717) is 95.6 Å². The van der Waals surface area contributed by atoms with E-state index in [1.807, 2.05) is 116 Å². The quantitative estimate of drug-likeness (QED) is 0.137. The number of imide groups is 3. The minimum absolute atomic E-state index is 0.00386. The molecule has 15 aliphatic rings. The molecule has 6 amide bonds. The average molecular weight is 1380 g/mol. The first-order valence-electron chi connectivity index (χ1n) is 36.0. The molecule has 0 spiro atoms. The molecule has 21 nitrogen and oxygen atoms in total. The Morgan fingerprint density at radius 1 is 0.350 bits per heavy atom. The Kier molecular flexibility index (Phi) is 23.8. The van der Waals surface area contributed by atoms with Crippen molar-refractivity contribution in [2.45, 2.75) is 176 Å². The predicted molar refractivity (Wildman–Crippen MR) is 386 cm³/mol. The largest absolute Gasteiger partial charge is 0.382 e. The van der Waals surface area contributed by atoms with E-state index < -0.39 is 71.2 Å². The van der Waals surface area contributed by atoms with Crippen LogP contribution in [0.1, 0.15) is 177 Å². The van der Waals surface area contributed by atoms with E-state index >= 15 is 0 Å². The topological polar surface area (TPSA) is 231 Å². The van der Waals surface area contributed by atoms with Gasteiger partial charge < -0.3 is 58.6 Å². The van der Waals surface area contributed by atoms with Crippen LogP contribution in [0.4, 0.5) is 17.1 Å². The number of benzene rings is 6. The van der Waals surface area contributed by atoms with Crippen LogP contribution >= 0.6 is 0 Å².